The van der Waals surface area contributed by atoms with Gasteiger partial charge in [0.05, 0.1) is 29.2 Å². The van der Waals surface area contributed by atoms with E-state index in [9.17, 15) is 19.5 Å². The number of hydrogen-bond donors (Lipinski definition) is 3. The summed E-state index contributed by atoms with van der Waals surface area (Å²) in [5.41, 5.74) is 0. The molecule has 0 aromatic rings. The van der Waals surface area contributed by atoms with Gasteiger partial charge in [-0.25, -0.2) is 0 Å². The Bertz CT molecular complexity index is 706. The Kier molecular flexibility index (Phi) is 8.01. The van der Waals surface area contributed by atoms with Crippen LogP contribution in [0.4, 0.5) is 0 Å². The summed E-state index contributed by atoms with van der Waals surface area (Å²) in [7, 11) is 0. The van der Waals surface area contributed by atoms with E-state index in [1.165, 1.54) is 0 Å². The Morgan fingerprint density at radius 1 is 1.29 bits per heavy atom. The number of carbonyl (C=O) groups excluding carboxylic acids is 3. The first-order valence-electron chi connectivity index (χ1n) is 11.6. The molecule has 0 saturated carbocycles. The Labute approximate surface area is 198 Å². The number of nitrogens with zero attached hydrogens (tertiary/aromatic N) is 1. The van der Waals surface area contributed by atoms with Gasteiger partial charge >= 0.3 is 0 Å². The third-order valence-corrected chi connectivity index (χ3v) is 10.2. The van der Waals surface area contributed by atoms with E-state index in [0.717, 1.165) is 19.3 Å². The van der Waals surface area contributed by atoms with E-state index in [1.807, 2.05) is 20.8 Å². The van der Waals surface area contributed by atoms with Crippen LogP contribution in [-0.2, 0) is 14.4 Å². The summed E-state index contributed by atoms with van der Waals surface area (Å²) in [5.74, 6) is -1.42. The Balaban J connectivity index is 2.01. The Morgan fingerprint density at radius 2 is 2.00 bits per heavy atom. The summed E-state index contributed by atoms with van der Waals surface area (Å²) in [4.78, 5) is 42.2. The first-order valence-corrected chi connectivity index (χ1v) is 13.4. The largest absolute Gasteiger partial charge is 0.394 e. The molecule has 3 amide bonds. The first kappa shape index (κ1) is 24.8. The van der Waals surface area contributed by atoms with Crippen LogP contribution in [-0.4, -0.2) is 73.8 Å². The number of halogens is 1. The minimum Gasteiger partial charge on any atom is -0.394 e. The molecule has 31 heavy (non-hydrogen) atoms. The zero-order chi connectivity index (χ0) is 22.9. The maximum absolute atomic E-state index is 13.8. The Morgan fingerprint density at radius 3 is 2.58 bits per heavy atom. The van der Waals surface area contributed by atoms with Crippen LogP contribution in [0.5, 0.6) is 0 Å². The van der Waals surface area contributed by atoms with Crippen molar-refractivity contribution in [1.82, 2.24) is 15.5 Å². The molecule has 4 unspecified atom stereocenters. The summed E-state index contributed by atoms with van der Waals surface area (Å²) in [6.07, 6.45) is 3.86. The van der Waals surface area contributed by atoms with Gasteiger partial charge in [-0.3, -0.25) is 14.4 Å². The molecule has 3 aliphatic rings. The normalized spacial score (nSPS) is 35.7. The number of thioether (sulfide) groups is 1. The van der Waals surface area contributed by atoms with Crippen molar-refractivity contribution >= 4 is 45.4 Å². The van der Waals surface area contributed by atoms with E-state index in [2.05, 4.69) is 33.5 Å². The zero-order valence-electron chi connectivity index (χ0n) is 18.9. The van der Waals surface area contributed by atoms with E-state index >= 15 is 0 Å². The molecule has 176 valence electrons. The van der Waals surface area contributed by atoms with Gasteiger partial charge in [0.1, 0.15) is 6.04 Å². The smallest absolute Gasteiger partial charge is 0.244 e. The van der Waals surface area contributed by atoms with Crippen molar-refractivity contribution in [3.05, 3.63) is 0 Å². The molecule has 3 rings (SSSR count). The number of likely N-dealkylation sites (tertiary alicyclic amines) is 1. The third-order valence-electron chi connectivity index (χ3n) is 7.01. The molecule has 1 spiro atoms. The van der Waals surface area contributed by atoms with Crippen molar-refractivity contribution in [3.8, 4) is 0 Å². The molecular formula is C22H36BrN3O4S. The lowest BCUT2D eigenvalue weighted by Gasteiger charge is -2.37. The SMILES string of the molecule is CCCNC(=O)[C@H]1[C@@H]2SC3(CC2Br)C(C(=O)NC(C)CCC)N([C@@H](CC)CO)C(=O)[C@H]13. The summed E-state index contributed by atoms with van der Waals surface area (Å²) < 4.78 is -0.650. The van der Waals surface area contributed by atoms with Gasteiger partial charge in [0, 0.05) is 22.7 Å². The molecule has 3 fully saturated rings. The van der Waals surface area contributed by atoms with Crippen molar-refractivity contribution in [2.24, 2.45) is 11.8 Å². The molecule has 2 bridgehead atoms. The molecule has 8 atom stereocenters. The predicted octanol–water partition coefficient (Wildman–Crippen LogP) is 2.05. The van der Waals surface area contributed by atoms with Crippen LogP contribution >= 0.6 is 27.7 Å². The minimum atomic E-state index is -0.680. The van der Waals surface area contributed by atoms with E-state index < -0.39 is 28.7 Å². The number of aliphatic hydroxyl groups is 1. The van der Waals surface area contributed by atoms with Crippen LogP contribution in [0.25, 0.3) is 0 Å². The lowest BCUT2D eigenvalue weighted by atomic mass is 9.70. The molecule has 0 aliphatic carbocycles. The number of nitrogens with one attached hydrogen (secondary N) is 2. The lowest BCUT2D eigenvalue weighted by molar-refractivity contribution is -0.142. The molecule has 0 aromatic carbocycles. The number of hydrogen-bond acceptors (Lipinski definition) is 5. The number of aliphatic hydroxyl groups excluding tert-OH is 1. The van der Waals surface area contributed by atoms with Gasteiger partial charge in [0.15, 0.2) is 0 Å². The zero-order valence-corrected chi connectivity index (χ0v) is 21.3. The van der Waals surface area contributed by atoms with Gasteiger partial charge in [-0.2, -0.15) is 0 Å². The van der Waals surface area contributed by atoms with Crippen LogP contribution in [0.2, 0.25) is 0 Å². The fraction of sp³-hybridized carbons (Fsp3) is 0.864. The Hall–Kier alpha value is -0.800. The average molecular weight is 519 g/mol. The van der Waals surface area contributed by atoms with Gasteiger partial charge in [-0.05, 0) is 32.6 Å². The average Bonchev–Trinajstić information content (AvgIpc) is 3.31. The van der Waals surface area contributed by atoms with Crippen molar-refractivity contribution in [3.63, 3.8) is 0 Å². The maximum Gasteiger partial charge on any atom is 0.244 e. The fourth-order valence-corrected chi connectivity index (χ4v) is 9.27. The van der Waals surface area contributed by atoms with Crippen LogP contribution in [0, 0.1) is 11.8 Å². The summed E-state index contributed by atoms with van der Waals surface area (Å²) in [6.45, 7) is 8.34. The molecule has 3 N–H and O–H groups in total. The highest BCUT2D eigenvalue weighted by Crippen LogP contribution is 2.68. The molecule has 0 aromatic heterocycles. The topological polar surface area (TPSA) is 98.7 Å². The summed E-state index contributed by atoms with van der Waals surface area (Å²) >= 11 is 5.39. The van der Waals surface area contributed by atoms with E-state index in [1.54, 1.807) is 16.7 Å². The minimum absolute atomic E-state index is 0.00567. The number of carbonyl (C=O) groups is 3. The molecule has 3 heterocycles. The number of fused-ring (bicyclic) bond motifs is 1. The maximum atomic E-state index is 13.8. The second-order valence-corrected chi connectivity index (χ2v) is 11.9. The third kappa shape index (κ3) is 4.14. The van der Waals surface area contributed by atoms with Crippen molar-refractivity contribution in [2.45, 2.75) is 92.7 Å². The predicted molar refractivity (Wildman–Crippen MR) is 126 cm³/mol. The van der Waals surface area contributed by atoms with Crippen LogP contribution in [0.3, 0.4) is 0 Å². The van der Waals surface area contributed by atoms with Crippen LogP contribution in [0.15, 0.2) is 0 Å². The van der Waals surface area contributed by atoms with Gasteiger partial charge in [0.2, 0.25) is 17.7 Å². The highest BCUT2D eigenvalue weighted by Gasteiger charge is 2.76. The van der Waals surface area contributed by atoms with Gasteiger partial charge in [-0.15, -0.1) is 11.8 Å². The highest BCUT2D eigenvalue weighted by atomic mass is 79.9. The molecule has 3 saturated heterocycles. The molecular weight excluding hydrogens is 482 g/mol. The number of alkyl halides is 1. The van der Waals surface area contributed by atoms with Gasteiger partial charge in [0.25, 0.3) is 0 Å². The van der Waals surface area contributed by atoms with E-state index in [0.29, 0.717) is 19.4 Å². The standard InChI is InChI=1S/C22H36BrN3O4S/c1-5-8-12(4)25-20(29)18-22-10-14(23)17(31-22)15(19(28)24-9-6-2)16(22)21(30)26(18)13(7-3)11-27/h12-18,27H,5-11H2,1-4H3,(H,24,28)(H,25,29)/t12?,13-,14?,15+,16-,17+,18?,22?/m0/s1. The first-order chi connectivity index (χ1) is 14.8. The van der Waals surface area contributed by atoms with Crippen LogP contribution in [0.1, 0.15) is 59.8 Å². The monoisotopic (exact) mass is 517 g/mol. The second-order valence-electron chi connectivity index (χ2n) is 9.14. The summed E-state index contributed by atoms with van der Waals surface area (Å²) in [6, 6.07) is -1.11. The fourth-order valence-electron chi connectivity index (χ4n) is 5.67. The van der Waals surface area contributed by atoms with Crippen molar-refractivity contribution in [1.29, 1.82) is 0 Å². The van der Waals surface area contributed by atoms with Gasteiger partial charge in [-0.1, -0.05) is 43.1 Å². The second kappa shape index (κ2) is 10.00. The van der Waals surface area contributed by atoms with Crippen LogP contribution < -0.4 is 10.6 Å². The molecule has 7 nitrogen and oxygen atoms in total. The molecule has 0 radical (unpaired) electrons. The summed E-state index contributed by atoms with van der Waals surface area (Å²) in [5, 5.41) is 16.1. The number of amides is 3. The van der Waals surface area contributed by atoms with E-state index in [4.69, 9.17) is 0 Å². The quantitative estimate of drug-likeness (QED) is 0.385. The lowest BCUT2D eigenvalue weighted by Crippen LogP contribution is -2.58. The number of rotatable bonds is 10. The van der Waals surface area contributed by atoms with Crippen molar-refractivity contribution < 1.29 is 19.5 Å². The molecule has 9 heteroatoms. The van der Waals surface area contributed by atoms with Gasteiger partial charge < -0.3 is 20.6 Å². The molecule has 3 aliphatic heterocycles. The van der Waals surface area contributed by atoms with Crippen molar-refractivity contribution in [2.75, 3.05) is 13.2 Å². The van der Waals surface area contributed by atoms with E-state index in [-0.39, 0.29) is 40.4 Å². The highest BCUT2D eigenvalue weighted by molar-refractivity contribution is 9.09.